The zero-order valence-electron chi connectivity index (χ0n) is 45.6. The number of hydrogen-bond donors (Lipinski definition) is 0. The van der Waals surface area contributed by atoms with Crippen molar-refractivity contribution >= 4 is 76.5 Å². The molecule has 0 aliphatic carbocycles. The maximum absolute atomic E-state index is 6.96. The number of anilines is 2. The largest absolute Gasteiger partial charge is 0.457 e. The normalized spacial score (nSPS) is 12.9. The van der Waals surface area contributed by atoms with E-state index in [-0.39, 0.29) is 16.2 Å². The molecule has 0 fully saturated rings. The molecule has 0 amide bonds. The second-order valence-corrected chi connectivity index (χ2v) is 24.1. The van der Waals surface area contributed by atoms with Crippen molar-refractivity contribution in [2.24, 2.45) is 0 Å². The van der Waals surface area contributed by atoms with Crippen molar-refractivity contribution in [2.45, 2.75) is 85.2 Å². The van der Waals surface area contributed by atoms with Crippen LogP contribution in [-0.4, -0.2) is 14.1 Å². The summed E-state index contributed by atoms with van der Waals surface area (Å²) in [7, 11) is 0. The minimum Gasteiger partial charge on any atom is -0.457 e. The fourth-order valence-electron chi connectivity index (χ4n) is 11.8. The van der Waals surface area contributed by atoms with Crippen molar-refractivity contribution in [1.29, 1.82) is 0 Å². The van der Waals surface area contributed by atoms with Crippen molar-refractivity contribution in [2.75, 3.05) is 4.90 Å². The third kappa shape index (κ3) is 8.37. The summed E-state index contributed by atoms with van der Waals surface area (Å²) in [6, 6.07) is 76.1. The molecule has 4 heterocycles. The molecule has 0 atom stereocenters. The zero-order chi connectivity index (χ0) is 53.0. The zero-order valence-corrected chi connectivity index (χ0v) is 45.6. The fraction of sp³-hybridized carbons (Fsp3) is 0.181. The highest BCUT2D eigenvalue weighted by atomic mass is 16.5. The first-order valence-electron chi connectivity index (χ1n) is 27.1. The molecule has 12 aromatic rings. The summed E-state index contributed by atoms with van der Waals surface area (Å²) in [6.07, 6.45) is 1.93. The molecule has 13 rings (SSSR count). The van der Waals surface area contributed by atoms with Crippen LogP contribution in [0.4, 0.5) is 11.4 Å². The number of hydrogen-bond acceptors (Lipinski definition) is 3. The van der Waals surface area contributed by atoms with Crippen LogP contribution in [-0.2, 0) is 22.9 Å². The van der Waals surface area contributed by atoms with Crippen molar-refractivity contribution < 1.29 is 4.74 Å². The Balaban J connectivity index is 1.03. The number of para-hydroxylation sites is 3. The van der Waals surface area contributed by atoms with Crippen molar-refractivity contribution in [3.05, 3.63) is 229 Å². The van der Waals surface area contributed by atoms with E-state index >= 15 is 0 Å². The predicted octanol–water partition coefficient (Wildman–Crippen LogP) is 19.8. The van der Waals surface area contributed by atoms with Crippen LogP contribution in [0.1, 0.15) is 79.0 Å². The average Bonchev–Trinajstić information content (AvgIpc) is 4.22. The topological polar surface area (TPSA) is 35.2 Å². The molecule has 0 saturated carbocycles. The first-order chi connectivity index (χ1) is 37.1. The molecule has 0 spiro atoms. The number of aromatic nitrogens is 3. The summed E-state index contributed by atoms with van der Waals surface area (Å²) in [6.45, 7) is 21.2. The number of pyridine rings is 1. The minimum atomic E-state index is -0.0873. The molecule has 9 aromatic carbocycles. The average molecular weight is 1000 g/mol. The Morgan fingerprint density at radius 2 is 0.987 bits per heavy atom. The smallest absolute Gasteiger partial charge is 0.137 e. The number of benzene rings is 9. The van der Waals surface area contributed by atoms with Gasteiger partial charge in [-0.1, -0.05) is 196 Å². The van der Waals surface area contributed by atoms with Gasteiger partial charge in [-0.3, -0.25) is 4.57 Å². The molecule has 1 aliphatic rings. The van der Waals surface area contributed by atoms with Gasteiger partial charge in [0, 0.05) is 51.1 Å². The molecule has 5 heteroatoms. The van der Waals surface area contributed by atoms with Gasteiger partial charge in [0.15, 0.2) is 0 Å². The van der Waals surface area contributed by atoms with E-state index < -0.39 is 0 Å². The molecule has 0 bridgehead atoms. The Kier molecular flexibility index (Phi) is 11.2. The Labute approximate surface area is 452 Å². The summed E-state index contributed by atoms with van der Waals surface area (Å²) in [5.41, 5.74) is 15.2. The highest BCUT2D eigenvalue weighted by Gasteiger charge is 2.27. The lowest BCUT2D eigenvalue weighted by Crippen LogP contribution is -2.15. The highest BCUT2D eigenvalue weighted by Crippen LogP contribution is 2.47. The molecule has 5 nitrogen and oxygen atoms in total. The first-order valence-corrected chi connectivity index (χ1v) is 27.1. The van der Waals surface area contributed by atoms with Gasteiger partial charge in [-0.2, -0.15) is 0 Å². The van der Waals surface area contributed by atoms with Gasteiger partial charge in [0.05, 0.1) is 27.8 Å². The van der Waals surface area contributed by atoms with Crippen LogP contribution in [0.2, 0.25) is 0 Å². The summed E-state index contributed by atoms with van der Waals surface area (Å²) in [4.78, 5) is 7.42. The van der Waals surface area contributed by atoms with Gasteiger partial charge in [0.25, 0.3) is 0 Å². The summed E-state index contributed by atoms with van der Waals surface area (Å²) in [5.74, 6) is 2.41. The second kappa shape index (κ2) is 18.0. The van der Waals surface area contributed by atoms with Crippen molar-refractivity contribution in [3.8, 4) is 39.6 Å². The van der Waals surface area contributed by atoms with Crippen LogP contribution in [0.15, 0.2) is 212 Å². The maximum atomic E-state index is 6.96. The Morgan fingerprint density at radius 1 is 0.390 bits per heavy atom. The van der Waals surface area contributed by atoms with Gasteiger partial charge in [-0.15, -0.1) is 0 Å². The van der Waals surface area contributed by atoms with Crippen LogP contribution >= 0.6 is 0 Å². The SMILES string of the molecule is CC(C)(C)c1cc(-c2ccccc2)cc(-c2cccc3c4ccccc4c4ccc(C(C)(C)C)cc4c4cccc5c4n(c23)CN5c2cccc(Oc3ccc4c5ccccc5n(-c5cc(C(C)(C)C)ccn5)c4c3)c2)c1. The summed E-state index contributed by atoms with van der Waals surface area (Å²) < 4.78 is 11.9. The minimum absolute atomic E-state index is 0.0261. The Morgan fingerprint density at radius 3 is 1.75 bits per heavy atom. The molecule has 378 valence electrons. The fourth-order valence-corrected chi connectivity index (χ4v) is 11.8. The third-order valence-corrected chi connectivity index (χ3v) is 15.9. The van der Waals surface area contributed by atoms with Gasteiger partial charge >= 0.3 is 0 Å². The molecule has 0 radical (unpaired) electrons. The van der Waals surface area contributed by atoms with E-state index in [4.69, 9.17) is 9.72 Å². The summed E-state index contributed by atoms with van der Waals surface area (Å²) >= 11 is 0. The van der Waals surface area contributed by atoms with E-state index in [1.54, 1.807) is 0 Å². The summed E-state index contributed by atoms with van der Waals surface area (Å²) in [5, 5.41) is 9.63. The van der Waals surface area contributed by atoms with Gasteiger partial charge < -0.3 is 14.2 Å². The van der Waals surface area contributed by atoms with Gasteiger partial charge in [-0.25, -0.2) is 4.98 Å². The van der Waals surface area contributed by atoms with Crippen molar-refractivity contribution in [1.82, 2.24) is 14.1 Å². The van der Waals surface area contributed by atoms with Crippen LogP contribution < -0.4 is 9.64 Å². The molecule has 0 unspecified atom stereocenters. The predicted molar refractivity (Wildman–Crippen MR) is 326 cm³/mol. The van der Waals surface area contributed by atoms with Crippen LogP contribution in [0.25, 0.3) is 93.2 Å². The monoisotopic (exact) mass is 1000 g/mol. The number of ether oxygens (including phenoxy) is 1. The first kappa shape index (κ1) is 48.0. The number of fused-ring (bicyclic) bond motifs is 10. The Hall–Kier alpha value is -8.67. The molecule has 0 saturated heterocycles. The lowest BCUT2D eigenvalue weighted by atomic mass is 9.83. The van der Waals surface area contributed by atoms with E-state index in [2.05, 4.69) is 283 Å². The van der Waals surface area contributed by atoms with Crippen LogP contribution in [0.3, 0.4) is 0 Å². The van der Waals surface area contributed by atoms with Gasteiger partial charge in [0.1, 0.15) is 24.0 Å². The number of rotatable bonds is 6. The molecular weight excluding hydrogens is 937 g/mol. The van der Waals surface area contributed by atoms with Crippen LogP contribution in [0, 0.1) is 0 Å². The second-order valence-electron chi connectivity index (χ2n) is 24.1. The third-order valence-electron chi connectivity index (χ3n) is 15.9. The lowest BCUT2D eigenvalue weighted by molar-refractivity contribution is 0.483. The van der Waals surface area contributed by atoms with Gasteiger partial charge in [-0.05, 0) is 132 Å². The Bertz CT molecular complexity index is 4400. The molecule has 77 heavy (non-hydrogen) atoms. The van der Waals surface area contributed by atoms with Crippen molar-refractivity contribution in [3.63, 3.8) is 0 Å². The number of nitrogens with zero attached hydrogens (tertiary/aromatic N) is 4. The molecular formula is C72H64N4O. The van der Waals surface area contributed by atoms with E-state index in [0.717, 1.165) is 45.1 Å². The van der Waals surface area contributed by atoms with E-state index in [9.17, 15) is 0 Å². The molecule has 1 aliphatic heterocycles. The highest BCUT2D eigenvalue weighted by molar-refractivity contribution is 6.22. The van der Waals surface area contributed by atoms with E-state index in [1.165, 1.54) is 87.7 Å². The van der Waals surface area contributed by atoms with E-state index in [1.807, 2.05) is 6.20 Å². The van der Waals surface area contributed by atoms with E-state index in [0.29, 0.717) is 6.67 Å². The molecule has 0 N–H and O–H groups in total. The van der Waals surface area contributed by atoms with Crippen LogP contribution in [0.5, 0.6) is 11.5 Å². The maximum Gasteiger partial charge on any atom is 0.137 e. The molecule has 3 aromatic heterocycles. The quantitative estimate of drug-likeness (QED) is 0.166. The van der Waals surface area contributed by atoms with Gasteiger partial charge in [0.2, 0.25) is 0 Å². The lowest BCUT2D eigenvalue weighted by Gasteiger charge is -2.23. The standard InChI is InChI=1S/C72H64N4O/c1-70(2,3)49-32-34-58-56-24-13-14-25-57(56)61-28-18-27-55(48-38-47(46-20-11-10-12-21-46)39-51(40-48)72(7,8)9)68(61)75-45-74(65-31-19-29-62(69(65)75)63(58)41-49)52-22-17-23-53(43-52)77-54-33-35-60-59-26-15-16-30-64(59)76(66(60)44-54)67-42-50(36-37-73-67)71(4,5)6/h10-44H,45H2,1-9H3.